The summed E-state index contributed by atoms with van der Waals surface area (Å²) in [6, 6.07) is 3.73. The molecule has 1 atom stereocenters. The standard InChI is InChI=1S/C13H20O3S/c1-9-7-10(15-2)8-12(16-3)13(9)11(14)5-6-17-4/h7-8,11,14H,5-6H2,1-4H3. The highest BCUT2D eigenvalue weighted by atomic mass is 32.2. The summed E-state index contributed by atoms with van der Waals surface area (Å²) in [6.07, 6.45) is 2.28. The minimum atomic E-state index is -0.483. The molecule has 1 aromatic carbocycles. The van der Waals surface area contributed by atoms with E-state index in [0.29, 0.717) is 5.75 Å². The van der Waals surface area contributed by atoms with Gasteiger partial charge in [0.15, 0.2) is 0 Å². The van der Waals surface area contributed by atoms with Crippen LogP contribution in [-0.2, 0) is 0 Å². The van der Waals surface area contributed by atoms with Crippen molar-refractivity contribution in [3.8, 4) is 11.5 Å². The Morgan fingerprint density at radius 2 is 2.00 bits per heavy atom. The summed E-state index contributed by atoms with van der Waals surface area (Å²) in [5.74, 6) is 2.37. The van der Waals surface area contributed by atoms with Gasteiger partial charge in [-0.25, -0.2) is 0 Å². The Hall–Kier alpha value is -0.870. The lowest BCUT2D eigenvalue weighted by Crippen LogP contribution is -2.05. The maximum atomic E-state index is 10.2. The van der Waals surface area contributed by atoms with Crippen LogP contribution in [0.4, 0.5) is 0 Å². The number of ether oxygens (including phenoxy) is 2. The largest absolute Gasteiger partial charge is 0.497 e. The fourth-order valence-electron chi connectivity index (χ4n) is 1.82. The Morgan fingerprint density at radius 3 is 2.53 bits per heavy atom. The van der Waals surface area contributed by atoms with Gasteiger partial charge in [-0.3, -0.25) is 0 Å². The highest BCUT2D eigenvalue weighted by Gasteiger charge is 2.17. The molecule has 0 fully saturated rings. The molecule has 0 aliphatic carbocycles. The number of aryl methyl sites for hydroxylation is 1. The van der Waals surface area contributed by atoms with Crippen molar-refractivity contribution in [1.82, 2.24) is 0 Å². The number of aliphatic hydroxyl groups excluding tert-OH is 1. The molecule has 0 aliphatic rings. The molecule has 0 bridgehead atoms. The molecule has 0 saturated carbocycles. The quantitative estimate of drug-likeness (QED) is 0.849. The topological polar surface area (TPSA) is 38.7 Å². The predicted octanol–water partition coefficient (Wildman–Crippen LogP) is 2.80. The van der Waals surface area contributed by atoms with Gasteiger partial charge in [0.05, 0.1) is 20.3 Å². The van der Waals surface area contributed by atoms with Crippen molar-refractivity contribution < 1.29 is 14.6 Å². The maximum absolute atomic E-state index is 10.2. The molecule has 1 aromatic rings. The second-order valence-corrected chi connectivity index (χ2v) is 4.84. The summed E-state index contributed by atoms with van der Waals surface area (Å²) in [4.78, 5) is 0. The van der Waals surface area contributed by atoms with Crippen LogP contribution in [0.25, 0.3) is 0 Å². The summed E-state index contributed by atoms with van der Waals surface area (Å²) >= 11 is 1.73. The molecule has 1 unspecified atom stereocenters. The van der Waals surface area contributed by atoms with Gasteiger partial charge >= 0.3 is 0 Å². The molecule has 0 amide bonds. The second-order valence-electron chi connectivity index (χ2n) is 3.86. The zero-order valence-corrected chi connectivity index (χ0v) is 11.6. The third kappa shape index (κ3) is 3.54. The van der Waals surface area contributed by atoms with E-state index in [4.69, 9.17) is 9.47 Å². The van der Waals surface area contributed by atoms with Crippen LogP contribution >= 0.6 is 11.8 Å². The molecule has 0 spiro atoms. The lowest BCUT2D eigenvalue weighted by molar-refractivity contribution is 0.170. The molecule has 1 N–H and O–H groups in total. The molecule has 17 heavy (non-hydrogen) atoms. The van der Waals surface area contributed by atoms with Crippen LogP contribution in [0.2, 0.25) is 0 Å². The van der Waals surface area contributed by atoms with Gasteiger partial charge in [-0.1, -0.05) is 0 Å². The zero-order chi connectivity index (χ0) is 12.8. The van der Waals surface area contributed by atoms with Crippen molar-refractivity contribution in [3.05, 3.63) is 23.3 Å². The lowest BCUT2D eigenvalue weighted by Gasteiger charge is -2.18. The first kappa shape index (κ1) is 14.2. The molecular formula is C13H20O3S. The Morgan fingerprint density at radius 1 is 1.29 bits per heavy atom. The summed E-state index contributed by atoms with van der Waals surface area (Å²) in [5.41, 5.74) is 1.86. The van der Waals surface area contributed by atoms with Gasteiger partial charge in [0, 0.05) is 11.6 Å². The van der Waals surface area contributed by atoms with E-state index in [0.717, 1.165) is 29.1 Å². The number of benzene rings is 1. The second kappa shape index (κ2) is 6.77. The van der Waals surface area contributed by atoms with Crippen LogP contribution < -0.4 is 9.47 Å². The minimum Gasteiger partial charge on any atom is -0.497 e. The summed E-state index contributed by atoms with van der Waals surface area (Å²) < 4.78 is 10.5. The van der Waals surface area contributed by atoms with E-state index in [1.165, 1.54) is 0 Å². The van der Waals surface area contributed by atoms with E-state index in [2.05, 4.69) is 0 Å². The molecule has 1 rings (SSSR count). The van der Waals surface area contributed by atoms with Gasteiger partial charge in [0.25, 0.3) is 0 Å². The summed E-state index contributed by atoms with van der Waals surface area (Å²) in [6.45, 7) is 1.96. The van der Waals surface area contributed by atoms with E-state index in [1.54, 1.807) is 26.0 Å². The first-order valence-electron chi connectivity index (χ1n) is 5.53. The Balaban J connectivity index is 3.04. The van der Waals surface area contributed by atoms with Crippen molar-refractivity contribution in [1.29, 1.82) is 0 Å². The van der Waals surface area contributed by atoms with E-state index in [9.17, 15) is 5.11 Å². The lowest BCUT2D eigenvalue weighted by atomic mass is 10.00. The molecule has 3 nitrogen and oxygen atoms in total. The Kier molecular flexibility index (Phi) is 5.65. The number of methoxy groups -OCH3 is 2. The van der Waals surface area contributed by atoms with Crippen LogP contribution in [0, 0.1) is 6.92 Å². The third-order valence-corrected chi connectivity index (χ3v) is 3.35. The van der Waals surface area contributed by atoms with Gasteiger partial charge < -0.3 is 14.6 Å². The zero-order valence-electron chi connectivity index (χ0n) is 10.8. The molecule has 0 radical (unpaired) electrons. The van der Waals surface area contributed by atoms with Crippen molar-refractivity contribution in [2.24, 2.45) is 0 Å². The molecular weight excluding hydrogens is 236 g/mol. The van der Waals surface area contributed by atoms with Crippen LogP contribution in [0.1, 0.15) is 23.7 Å². The smallest absolute Gasteiger partial charge is 0.128 e. The molecule has 0 saturated heterocycles. The van der Waals surface area contributed by atoms with E-state index < -0.39 is 6.10 Å². The first-order valence-corrected chi connectivity index (χ1v) is 6.93. The highest BCUT2D eigenvalue weighted by Crippen LogP contribution is 2.34. The van der Waals surface area contributed by atoms with Crippen LogP contribution in [-0.4, -0.2) is 31.3 Å². The normalized spacial score (nSPS) is 12.3. The summed E-state index contributed by atoms with van der Waals surface area (Å²) in [5, 5.41) is 10.2. The van der Waals surface area contributed by atoms with Gasteiger partial charge in [-0.05, 0) is 37.0 Å². The first-order chi connectivity index (χ1) is 8.13. The monoisotopic (exact) mass is 256 g/mol. The van der Waals surface area contributed by atoms with Crippen molar-refractivity contribution >= 4 is 11.8 Å². The van der Waals surface area contributed by atoms with Crippen LogP contribution in [0.15, 0.2) is 12.1 Å². The number of hydrogen-bond acceptors (Lipinski definition) is 4. The minimum absolute atomic E-state index is 0.483. The van der Waals surface area contributed by atoms with Crippen molar-refractivity contribution in [2.45, 2.75) is 19.4 Å². The number of thioether (sulfide) groups is 1. The van der Waals surface area contributed by atoms with Crippen LogP contribution in [0.3, 0.4) is 0 Å². The number of rotatable bonds is 6. The van der Waals surface area contributed by atoms with Gasteiger partial charge in [-0.2, -0.15) is 11.8 Å². The van der Waals surface area contributed by atoms with Crippen LogP contribution in [0.5, 0.6) is 11.5 Å². The van der Waals surface area contributed by atoms with Crippen molar-refractivity contribution in [2.75, 3.05) is 26.2 Å². The average molecular weight is 256 g/mol. The molecule has 0 aromatic heterocycles. The molecule has 0 heterocycles. The Bertz CT molecular complexity index is 366. The predicted molar refractivity (Wildman–Crippen MR) is 72.2 cm³/mol. The van der Waals surface area contributed by atoms with E-state index in [1.807, 2.05) is 25.3 Å². The van der Waals surface area contributed by atoms with Gasteiger partial charge in [-0.15, -0.1) is 0 Å². The van der Waals surface area contributed by atoms with Gasteiger partial charge in [0.1, 0.15) is 11.5 Å². The Labute approximate surface area is 107 Å². The highest BCUT2D eigenvalue weighted by molar-refractivity contribution is 7.98. The molecule has 4 heteroatoms. The molecule has 0 aliphatic heterocycles. The van der Waals surface area contributed by atoms with Gasteiger partial charge in [0.2, 0.25) is 0 Å². The average Bonchev–Trinajstić information content (AvgIpc) is 2.34. The number of aliphatic hydroxyl groups is 1. The number of hydrogen-bond donors (Lipinski definition) is 1. The van der Waals surface area contributed by atoms with Crippen molar-refractivity contribution in [3.63, 3.8) is 0 Å². The molecule has 96 valence electrons. The van der Waals surface area contributed by atoms with E-state index in [-0.39, 0.29) is 0 Å². The van der Waals surface area contributed by atoms with E-state index >= 15 is 0 Å². The summed E-state index contributed by atoms with van der Waals surface area (Å²) in [7, 11) is 3.23. The fourth-order valence-corrected chi connectivity index (χ4v) is 2.28. The third-order valence-electron chi connectivity index (χ3n) is 2.71. The fraction of sp³-hybridized carbons (Fsp3) is 0.538. The maximum Gasteiger partial charge on any atom is 0.128 e. The SMILES string of the molecule is COc1cc(C)c(C(O)CCSC)c(OC)c1.